The second kappa shape index (κ2) is 10.6. The lowest BCUT2D eigenvalue weighted by Gasteiger charge is -2.13. The number of aliphatic hydroxyl groups is 1. The van der Waals surface area contributed by atoms with Crippen LogP contribution < -0.4 is 4.74 Å². The van der Waals surface area contributed by atoms with Gasteiger partial charge >= 0.3 is 5.97 Å². The van der Waals surface area contributed by atoms with Gasteiger partial charge in [0.25, 0.3) is 0 Å². The average molecular weight is 426 g/mol. The molecule has 0 aliphatic heterocycles. The minimum Gasteiger partial charge on any atom is -0.491 e. The van der Waals surface area contributed by atoms with Crippen LogP contribution in [0.5, 0.6) is 5.75 Å². The molecule has 2 aromatic carbocycles. The predicted molar refractivity (Wildman–Crippen MR) is 116 cm³/mol. The van der Waals surface area contributed by atoms with Crippen LogP contribution in [0.3, 0.4) is 0 Å². The Morgan fingerprint density at radius 1 is 1.20 bits per heavy atom. The largest absolute Gasteiger partial charge is 0.491 e. The van der Waals surface area contributed by atoms with Gasteiger partial charge in [-0.05, 0) is 24.3 Å². The number of carbonyl (C=O) groups is 1. The van der Waals surface area contributed by atoms with E-state index in [9.17, 15) is 9.90 Å². The number of aromatic nitrogens is 3. The molecule has 0 aliphatic carbocycles. The van der Waals surface area contributed by atoms with Gasteiger partial charge in [0.2, 0.25) is 0 Å². The van der Waals surface area contributed by atoms with Crippen molar-refractivity contribution >= 4 is 17.7 Å². The Balaban J connectivity index is 1.57. The molecule has 156 valence electrons. The highest BCUT2D eigenvalue weighted by Crippen LogP contribution is 2.24. The van der Waals surface area contributed by atoms with Gasteiger partial charge in [0, 0.05) is 17.9 Å². The molecule has 0 saturated heterocycles. The molecule has 0 aliphatic rings. The lowest BCUT2D eigenvalue weighted by atomic mass is 10.2. The molecule has 0 saturated carbocycles. The number of rotatable bonds is 10. The van der Waals surface area contributed by atoms with Crippen molar-refractivity contribution in [2.45, 2.75) is 17.8 Å². The van der Waals surface area contributed by atoms with Crippen molar-refractivity contribution in [2.24, 2.45) is 0 Å². The number of hydrogen-bond acceptors (Lipinski definition) is 7. The first-order chi connectivity index (χ1) is 14.6. The number of methoxy groups -OCH3 is 1. The summed E-state index contributed by atoms with van der Waals surface area (Å²) in [5.74, 6) is 1.31. The standard InChI is InChI=1S/C22H23N3O4S/c1-3-13-25-20(16-7-5-4-6-8-16)23-24-22(25)30-15-18(26)14-29-19-11-9-17(10-12-19)21(27)28-2/h3-12,18,26H,1,13-15H2,2H3. The molecule has 1 N–H and O–H groups in total. The molecule has 0 bridgehead atoms. The van der Waals surface area contributed by atoms with Gasteiger partial charge in [0.1, 0.15) is 12.4 Å². The molecule has 1 atom stereocenters. The normalized spacial score (nSPS) is 11.7. The van der Waals surface area contributed by atoms with Crippen LogP contribution in [0.15, 0.2) is 72.4 Å². The fraction of sp³-hybridized carbons (Fsp3) is 0.227. The Labute approximate surface area is 179 Å². The zero-order valence-electron chi connectivity index (χ0n) is 16.6. The number of thioether (sulfide) groups is 1. The van der Waals surface area contributed by atoms with E-state index in [-0.39, 0.29) is 6.61 Å². The number of ether oxygens (including phenoxy) is 2. The first kappa shape index (κ1) is 21.6. The molecule has 30 heavy (non-hydrogen) atoms. The van der Waals surface area contributed by atoms with Crippen molar-refractivity contribution in [2.75, 3.05) is 19.5 Å². The van der Waals surface area contributed by atoms with E-state index in [1.165, 1.54) is 18.9 Å². The third kappa shape index (κ3) is 5.49. The Hall–Kier alpha value is -3.10. The Morgan fingerprint density at radius 2 is 1.93 bits per heavy atom. The third-order valence-electron chi connectivity index (χ3n) is 4.18. The van der Waals surface area contributed by atoms with E-state index in [4.69, 9.17) is 4.74 Å². The number of carbonyl (C=O) groups excluding carboxylic acids is 1. The summed E-state index contributed by atoms with van der Waals surface area (Å²) in [6, 6.07) is 16.4. The number of benzene rings is 2. The Morgan fingerprint density at radius 3 is 2.60 bits per heavy atom. The summed E-state index contributed by atoms with van der Waals surface area (Å²) in [4.78, 5) is 11.5. The third-order valence-corrected chi connectivity index (χ3v) is 5.29. The van der Waals surface area contributed by atoms with E-state index >= 15 is 0 Å². The van der Waals surface area contributed by atoms with Gasteiger partial charge in [-0.1, -0.05) is 48.2 Å². The van der Waals surface area contributed by atoms with E-state index in [0.29, 0.717) is 28.8 Å². The molecule has 0 spiro atoms. The molecule has 0 amide bonds. The van der Waals surface area contributed by atoms with Crippen LogP contribution in [0.1, 0.15) is 10.4 Å². The summed E-state index contributed by atoms with van der Waals surface area (Å²) < 4.78 is 12.2. The second-order valence-corrected chi connectivity index (χ2v) is 7.35. The van der Waals surface area contributed by atoms with Crippen molar-refractivity contribution in [3.8, 4) is 17.1 Å². The molecule has 7 nitrogen and oxygen atoms in total. The monoisotopic (exact) mass is 425 g/mol. The predicted octanol–water partition coefficient (Wildman–Crippen LogP) is 3.45. The van der Waals surface area contributed by atoms with Crippen molar-refractivity contribution in [1.82, 2.24) is 14.8 Å². The molecule has 3 aromatic rings. The topological polar surface area (TPSA) is 86.5 Å². The summed E-state index contributed by atoms with van der Waals surface area (Å²) >= 11 is 1.41. The minimum absolute atomic E-state index is 0.117. The first-order valence-corrected chi connectivity index (χ1v) is 10.3. The minimum atomic E-state index is -0.704. The number of hydrogen-bond donors (Lipinski definition) is 1. The maximum atomic E-state index is 11.5. The van der Waals surface area contributed by atoms with E-state index in [2.05, 4.69) is 21.5 Å². The lowest BCUT2D eigenvalue weighted by molar-refractivity contribution is 0.0600. The van der Waals surface area contributed by atoms with E-state index < -0.39 is 12.1 Å². The zero-order valence-corrected chi connectivity index (χ0v) is 17.4. The van der Waals surface area contributed by atoms with Gasteiger partial charge in [-0.3, -0.25) is 4.57 Å². The molecular formula is C22H23N3O4S. The smallest absolute Gasteiger partial charge is 0.337 e. The molecule has 1 aromatic heterocycles. The summed E-state index contributed by atoms with van der Waals surface area (Å²) in [7, 11) is 1.33. The van der Waals surface area contributed by atoms with E-state index in [1.807, 2.05) is 34.9 Å². The highest BCUT2D eigenvalue weighted by Gasteiger charge is 2.15. The van der Waals surface area contributed by atoms with Crippen molar-refractivity contribution in [3.05, 3.63) is 72.8 Å². The molecule has 0 radical (unpaired) electrons. The molecule has 8 heteroatoms. The van der Waals surface area contributed by atoms with Gasteiger partial charge in [-0.2, -0.15) is 0 Å². The Kier molecular flexibility index (Phi) is 7.64. The van der Waals surface area contributed by atoms with Gasteiger partial charge in [-0.15, -0.1) is 16.8 Å². The number of esters is 1. The van der Waals surface area contributed by atoms with Crippen molar-refractivity contribution in [3.63, 3.8) is 0 Å². The van der Waals surface area contributed by atoms with Crippen LogP contribution in [0.2, 0.25) is 0 Å². The van der Waals surface area contributed by atoms with Crippen LogP contribution in [-0.4, -0.2) is 51.4 Å². The van der Waals surface area contributed by atoms with E-state index in [1.54, 1.807) is 30.3 Å². The van der Waals surface area contributed by atoms with Gasteiger partial charge in [0.05, 0.1) is 18.8 Å². The van der Waals surface area contributed by atoms with Crippen molar-refractivity contribution in [1.29, 1.82) is 0 Å². The maximum Gasteiger partial charge on any atom is 0.337 e. The molecule has 1 unspecified atom stereocenters. The summed E-state index contributed by atoms with van der Waals surface area (Å²) in [5, 5.41) is 19.6. The summed E-state index contributed by atoms with van der Waals surface area (Å²) in [6.07, 6.45) is 1.08. The first-order valence-electron chi connectivity index (χ1n) is 9.34. The van der Waals surface area contributed by atoms with Gasteiger partial charge in [0.15, 0.2) is 11.0 Å². The average Bonchev–Trinajstić information content (AvgIpc) is 3.19. The van der Waals surface area contributed by atoms with Crippen LogP contribution in [-0.2, 0) is 11.3 Å². The van der Waals surface area contributed by atoms with Gasteiger partial charge in [-0.25, -0.2) is 4.79 Å². The molecular weight excluding hydrogens is 402 g/mol. The van der Waals surface area contributed by atoms with Crippen LogP contribution >= 0.6 is 11.8 Å². The lowest BCUT2D eigenvalue weighted by Crippen LogP contribution is -2.20. The quantitative estimate of drug-likeness (QED) is 0.302. The maximum absolute atomic E-state index is 11.5. The van der Waals surface area contributed by atoms with Crippen LogP contribution in [0.4, 0.5) is 0 Å². The van der Waals surface area contributed by atoms with Crippen LogP contribution in [0, 0.1) is 0 Å². The fourth-order valence-electron chi connectivity index (χ4n) is 2.71. The molecule has 3 rings (SSSR count). The number of nitrogens with zero attached hydrogens (tertiary/aromatic N) is 3. The SMILES string of the molecule is C=CCn1c(SCC(O)COc2ccc(C(=O)OC)cc2)nnc1-c1ccccc1. The number of aliphatic hydroxyl groups excluding tert-OH is 1. The zero-order chi connectivity index (χ0) is 21.3. The van der Waals surface area contributed by atoms with Gasteiger partial charge < -0.3 is 14.6 Å². The molecule has 1 heterocycles. The van der Waals surface area contributed by atoms with Crippen molar-refractivity contribution < 1.29 is 19.4 Å². The van der Waals surface area contributed by atoms with Crippen LogP contribution in [0.25, 0.3) is 11.4 Å². The Bertz CT molecular complexity index is 974. The highest BCUT2D eigenvalue weighted by molar-refractivity contribution is 7.99. The fourth-order valence-corrected chi connectivity index (χ4v) is 3.56. The number of allylic oxidation sites excluding steroid dienone is 1. The molecule has 0 fully saturated rings. The second-order valence-electron chi connectivity index (χ2n) is 6.36. The van der Waals surface area contributed by atoms with E-state index in [0.717, 1.165) is 11.4 Å². The summed E-state index contributed by atoms with van der Waals surface area (Å²) in [6.45, 7) is 4.49. The highest BCUT2D eigenvalue weighted by atomic mass is 32.2. The summed E-state index contributed by atoms with van der Waals surface area (Å²) in [5.41, 5.74) is 1.41.